The molecule has 1 aromatic rings. The van der Waals surface area contributed by atoms with Crippen molar-refractivity contribution in [2.45, 2.75) is 44.3 Å². The maximum Gasteiger partial charge on any atom is 0.406 e. The lowest BCUT2D eigenvalue weighted by molar-refractivity contribution is -0.140. The van der Waals surface area contributed by atoms with Crippen LogP contribution in [-0.2, 0) is 10.0 Å². The van der Waals surface area contributed by atoms with Gasteiger partial charge in [0.2, 0.25) is 10.0 Å². The minimum Gasteiger partial charge on any atom is -0.330 e. The lowest BCUT2D eigenvalue weighted by Gasteiger charge is -2.23. The number of nitrogens with one attached hydrogen (secondary N) is 1. The summed E-state index contributed by atoms with van der Waals surface area (Å²) < 4.78 is 64.1. The van der Waals surface area contributed by atoms with Gasteiger partial charge in [0.05, 0.1) is 4.90 Å². The number of carbonyl (C=O) groups excluding carboxylic acids is 1. The zero-order valence-electron chi connectivity index (χ0n) is 13.7. The van der Waals surface area contributed by atoms with Crippen LogP contribution < -0.4 is 4.72 Å². The summed E-state index contributed by atoms with van der Waals surface area (Å²) in [5, 5.41) is 0. The van der Waals surface area contributed by atoms with Gasteiger partial charge < -0.3 is 4.90 Å². The summed E-state index contributed by atoms with van der Waals surface area (Å²) in [6.07, 6.45) is -4.11. The van der Waals surface area contributed by atoms with Gasteiger partial charge in [-0.15, -0.1) is 0 Å². The molecule has 0 unspecified atom stereocenters. The minimum atomic E-state index is -4.49. The Morgan fingerprint density at radius 2 is 1.75 bits per heavy atom. The largest absolute Gasteiger partial charge is 0.406 e. The topological polar surface area (TPSA) is 66.5 Å². The van der Waals surface area contributed by atoms with Crippen molar-refractivity contribution in [2.24, 2.45) is 0 Å². The van der Waals surface area contributed by atoms with E-state index in [0.29, 0.717) is 11.3 Å². The van der Waals surface area contributed by atoms with E-state index in [1.165, 1.54) is 24.3 Å². The number of sulfonamides is 1. The highest BCUT2D eigenvalue weighted by molar-refractivity contribution is 7.89. The quantitative estimate of drug-likeness (QED) is 0.807. The number of amides is 1. The van der Waals surface area contributed by atoms with Crippen molar-refractivity contribution >= 4 is 15.9 Å². The van der Waals surface area contributed by atoms with Gasteiger partial charge in [0.25, 0.3) is 5.91 Å². The number of hydrogen-bond donors (Lipinski definition) is 1. The van der Waals surface area contributed by atoms with Crippen LogP contribution in [0.2, 0.25) is 0 Å². The summed E-state index contributed by atoms with van der Waals surface area (Å²) >= 11 is 0. The Labute approximate surface area is 139 Å². The number of carbonyl (C=O) groups is 1. The van der Waals surface area contributed by atoms with Gasteiger partial charge in [0.15, 0.2) is 0 Å². The van der Waals surface area contributed by atoms with Gasteiger partial charge in [-0.05, 0) is 44.5 Å². The zero-order chi connectivity index (χ0) is 18.5. The van der Waals surface area contributed by atoms with Gasteiger partial charge in [0, 0.05) is 18.2 Å². The maximum absolute atomic E-state index is 12.6. The van der Waals surface area contributed by atoms with Crippen molar-refractivity contribution in [3.8, 4) is 0 Å². The van der Waals surface area contributed by atoms with Crippen LogP contribution in [0.5, 0.6) is 0 Å². The standard InChI is InChI=1S/C15H21F3N2O3S/c1-4-9-20(10-15(16,17)18)14(21)12-5-7-13(8-6-12)24(22,23)19-11(2)3/h5-8,11,19H,4,9-10H2,1-3H3. The first-order valence-corrected chi connectivity index (χ1v) is 8.93. The third-order valence-electron chi connectivity index (χ3n) is 2.95. The predicted molar refractivity (Wildman–Crippen MR) is 84.1 cm³/mol. The zero-order valence-corrected chi connectivity index (χ0v) is 14.5. The van der Waals surface area contributed by atoms with Gasteiger partial charge in [0.1, 0.15) is 6.54 Å². The highest BCUT2D eigenvalue weighted by Gasteiger charge is 2.33. The smallest absolute Gasteiger partial charge is 0.330 e. The van der Waals surface area contributed by atoms with E-state index < -0.39 is 28.7 Å². The molecule has 1 amide bonds. The molecule has 0 saturated carbocycles. The molecule has 1 rings (SSSR count). The van der Waals surface area contributed by atoms with E-state index in [1.807, 2.05) is 0 Å². The van der Waals surface area contributed by atoms with Crippen LogP contribution in [0.15, 0.2) is 29.2 Å². The fraction of sp³-hybridized carbons (Fsp3) is 0.533. The number of hydrogen-bond acceptors (Lipinski definition) is 3. The molecule has 0 atom stereocenters. The van der Waals surface area contributed by atoms with Crippen LogP contribution >= 0.6 is 0 Å². The normalized spacial score (nSPS) is 12.5. The molecule has 0 heterocycles. The average molecular weight is 366 g/mol. The molecular formula is C15H21F3N2O3S. The molecule has 0 aromatic heterocycles. The Kier molecular flexibility index (Phi) is 6.79. The van der Waals surface area contributed by atoms with E-state index in [4.69, 9.17) is 0 Å². The van der Waals surface area contributed by atoms with E-state index in [0.717, 1.165) is 0 Å². The summed E-state index contributed by atoms with van der Waals surface area (Å²) in [6, 6.07) is 4.54. The Morgan fingerprint density at radius 3 is 2.17 bits per heavy atom. The van der Waals surface area contributed by atoms with Gasteiger partial charge >= 0.3 is 6.18 Å². The SMILES string of the molecule is CCCN(CC(F)(F)F)C(=O)c1ccc(S(=O)(=O)NC(C)C)cc1. The monoisotopic (exact) mass is 366 g/mol. The lowest BCUT2D eigenvalue weighted by atomic mass is 10.2. The Balaban J connectivity index is 3.00. The summed E-state index contributed by atoms with van der Waals surface area (Å²) in [6.45, 7) is 3.62. The fourth-order valence-corrected chi connectivity index (χ4v) is 3.33. The van der Waals surface area contributed by atoms with Crippen molar-refractivity contribution in [2.75, 3.05) is 13.1 Å². The molecule has 1 aromatic carbocycles. The second kappa shape index (κ2) is 7.98. The molecule has 24 heavy (non-hydrogen) atoms. The molecule has 0 aliphatic rings. The highest BCUT2D eigenvalue weighted by Crippen LogP contribution is 2.19. The van der Waals surface area contributed by atoms with E-state index in [2.05, 4.69) is 4.72 Å². The molecule has 9 heteroatoms. The van der Waals surface area contributed by atoms with Gasteiger partial charge in [-0.2, -0.15) is 13.2 Å². The molecule has 0 aliphatic heterocycles. The molecule has 0 spiro atoms. The number of benzene rings is 1. The van der Waals surface area contributed by atoms with Crippen LogP contribution in [0.4, 0.5) is 13.2 Å². The second-order valence-electron chi connectivity index (χ2n) is 5.64. The summed E-state index contributed by atoms with van der Waals surface area (Å²) in [7, 11) is -3.72. The molecule has 0 radical (unpaired) electrons. The number of nitrogens with zero attached hydrogens (tertiary/aromatic N) is 1. The third kappa shape index (κ3) is 6.12. The van der Waals surface area contributed by atoms with Gasteiger partial charge in [-0.1, -0.05) is 6.92 Å². The van der Waals surface area contributed by atoms with Crippen molar-refractivity contribution < 1.29 is 26.4 Å². The van der Waals surface area contributed by atoms with Crippen LogP contribution in [0.1, 0.15) is 37.6 Å². The molecule has 0 fully saturated rings. The van der Waals surface area contributed by atoms with Crippen molar-refractivity contribution in [1.29, 1.82) is 0 Å². The first-order valence-electron chi connectivity index (χ1n) is 7.44. The van der Waals surface area contributed by atoms with E-state index in [-0.39, 0.29) is 23.0 Å². The molecule has 0 aliphatic carbocycles. The maximum atomic E-state index is 12.6. The molecule has 0 bridgehead atoms. The van der Waals surface area contributed by atoms with Crippen LogP contribution in [-0.4, -0.2) is 44.5 Å². The van der Waals surface area contributed by atoms with Crippen molar-refractivity contribution in [1.82, 2.24) is 9.62 Å². The first kappa shape index (κ1) is 20.4. The Hall–Kier alpha value is -1.61. The molecule has 5 nitrogen and oxygen atoms in total. The molecule has 0 saturated heterocycles. The lowest BCUT2D eigenvalue weighted by Crippen LogP contribution is -2.39. The number of rotatable bonds is 7. The molecule has 136 valence electrons. The van der Waals surface area contributed by atoms with Gasteiger partial charge in [-0.3, -0.25) is 4.79 Å². The van der Waals surface area contributed by atoms with Crippen molar-refractivity contribution in [3.63, 3.8) is 0 Å². The summed E-state index contributed by atoms with van der Waals surface area (Å²) in [5.74, 6) is -0.782. The van der Waals surface area contributed by atoms with E-state index in [1.54, 1.807) is 20.8 Å². The Bertz CT molecular complexity index is 656. The van der Waals surface area contributed by atoms with Crippen LogP contribution in [0, 0.1) is 0 Å². The summed E-state index contributed by atoms with van der Waals surface area (Å²) in [4.78, 5) is 12.9. The van der Waals surface area contributed by atoms with E-state index in [9.17, 15) is 26.4 Å². The average Bonchev–Trinajstić information content (AvgIpc) is 2.43. The molecule has 1 N–H and O–H groups in total. The second-order valence-corrected chi connectivity index (χ2v) is 7.36. The summed E-state index contributed by atoms with van der Waals surface area (Å²) in [5.41, 5.74) is 0.0104. The van der Waals surface area contributed by atoms with Crippen LogP contribution in [0.3, 0.4) is 0 Å². The number of halogens is 3. The highest BCUT2D eigenvalue weighted by atomic mass is 32.2. The van der Waals surface area contributed by atoms with Gasteiger partial charge in [-0.25, -0.2) is 13.1 Å². The third-order valence-corrected chi connectivity index (χ3v) is 4.63. The van der Waals surface area contributed by atoms with E-state index >= 15 is 0 Å². The fourth-order valence-electron chi connectivity index (χ4n) is 2.08. The first-order chi connectivity index (χ1) is 11.0. The Morgan fingerprint density at radius 1 is 1.21 bits per heavy atom. The van der Waals surface area contributed by atoms with Crippen molar-refractivity contribution in [3.05, 3.63) is 29.8 Å². The predicted octanol–water partition coefficient (Wildman–Crippen LogP) is 2.79. The number of alkyl halides is 3. The minimum absolute atomic E-state index is 0.0104. The van der Waals surface area contributed by atoms with Crippen LogP contribution in [0.25, 0.3) is 0 Å². The molecular weight excluding hydrogens is 345 g/mol.